The third-order valence-corrected chi connectivity index (χ3v) is 14.9. The molecule has 8 heteroatoms. The molecule has 0 N–H and O–H groups in total. The Morgan fingerprint density at radius 1 is 0.317 bits per heavy atom. The van der Waals surface area contributed by atoms with E-state index < -0.39 is 26.1 Å². The molecule has 0 aliphatic heterocycles. The first-order valence-electron chi connectivity index (χ1n) is 19.6. The van der Waals surface area contributed by atoms with Crippen LogP contribution in [0.2, 0.25) is 0 Å². The van der Waals surface area contributed by atoms with Gasteiger partial charge in [-0.15, -0.1) is 10.2 Å². The number of rotatable bonds is 7. The third kappa shape index (κ3) is 11.8. The molecule has 0 spiro atoms. The summed E-state index contributed by atoms with van der Waals surface area (Å²) in [5, 5.41) is 13.3. The van der Waals surface area contributed by atoms with E-state index in [1.807, 2.05) is 0 Å². The molecule has 4 nitrogen and oxygen atoms in total. The Labute approximate surface area is 370 Å². The normalized spacial score (nSPS) is 13.5. The van der Waals surface area contributed by atoms with Gasteiger partial charge in [0.1, 0.15) is 0 Å². The third-order valence-electron chi connectivity index (χ3n) is 9.94. The molecule has 0 saturated carbocycles. The zero-order chi connectivity index (χ0) is 40.9. The molecule has 8 aromatic carbocycles. The van der Waals surface area contributed by atoms with Gasteiger partial charge in [0.15, 0.2) is 0 Å². The van der Waals surface area contributed by atoms with Crippen LogP contribution in [0.5, 0.6) is 0 Å². The summed E-state index contributed by atoms with van der Waals surface area (Å²) < 4.78 is 34.0. The maximum absolute atomic E-state index is 8.49. The van der Waals surface area contributed by atoms with Gasteiger partial charge in [-0.2, -0.15) is 0 Å². The van der Waals surface area contributed by atoms with E-state index in [0.717, 1.165) is 0 Å². The number of fused-ring (bicyclic) bond motifs is 2. The van der Waals surface area contributed by atoms with E-state index in [0.29, 0.717) is 0 Å². The van der Waals surface area contributed by atoms with E-state index in [4.69, 9.17) is 18.6 Å². The molecule has 1 aliphatic rings. The molecule has 0 atom stereocenters. The fraction of sp³-hybridized carbons (Fsp3) is 0.0769. The molecule has 0 unspecified atom stereocenters. The first-order chi connectivity index (χ1) is 28.9. The Kier molecular flexibility index (Phi) is 16.7. The number of allylic oxidation sites excluding steroid dienone is 4. The molecule has 0 amide bonds. The molecule has 60 heavy (non-hydrogen) atoms. The minimum Gasteiger partial charge on any atom is -0.222 e. The Morgan fingerprint density at radius 3 is 0.850 bits per heavy atom. The van der Waals surface area contributed by atoms with Crippen molar-refractivity contribution >= 4 is 69.2 Å². The summed E-state index contributed by atoms with van der Waals surface area (Å²) in [5.74, 6) is 0. The largest absolute Gasteiger partial charge is 1.00 e. The monoisotopic (exact) mass is 932 g/mol. The zero-order valence-electron chi connectivity index (χ0n) is 32.9. The van der Waals surface area contributed by atoms with Gasteiger partial charge in [-0.3, -0.25) is 0 Å². The average molecular weight is 933 g/mol. The number of halogens is 1. The van der Waals surface area contributed by atoms with Gasteiger partial charge in [-0.25, -0.2) is 18.6 Å². The summed E-state index contributed by atoms with van der Waals surface area (Å²) in [4.78, 5) is 0. The van der Waals surface area contributed by atoms with Crippen LogP contribution in [-0.2, 0) is 19.5 Å². The minimum absolute atomic E-state index is 0. The Bertz CT molecular complexity index is 2340. The minimum atomic E-state index is -4.94. The van der Waals surface area contributed by atoms with Gasteiger partial charge in [0, 0.05) is 0 Å². The topological polar surface area (TPSA) is 92.2 Å². The van der Waals surface area contributed by atoms with E-state index in [-0.39, 0.29) is 19.5 Å². The Morgan fingerprint density at radius 2 is 0.567 bits per heavy atom. The molecule has 0 heterocycles. The van der Waals surface area contributed by atoms with E-state index in [9.17, 15) is 0 Å². The second kappa shape index (κ2) is 22.3. The first kappa shape index (κ1) is 44.9. The molecule has 0 bridgehead atoms. The van der Waals surface area contributed by atoms with Crippen molar-refractivity contribution in [2.45, 2.75) is 25.7 Å². The van der Waals surface area contributed by atoms with E-state index in [2.05, 4.69) is 218 Å². The van der Waals surface area contributed by atoms with E-state index >= 15 is 0 Å². The van der Waals surface area contributed by atoms with Crippen molar-refractivity contribution in [3.8, 4) is 11.1 Å². The predicted molar refractivity (Wildman–Crippen MR) is 241 cm³/mol. The number of hydrogen-bond donors (Lipinski definition) is 0. The molecule has 8 aromatic rings. The second-order valence-corrected chi connectivity index (χ2v) is 19.0. The van der Waals surface area contributed by atoms with Crippen LogP contribution < -0.4 is 50.5 Å². The predicted octanol–water partition coefficient (Wildman–Crippen LogP) is 7.09. The molecule has 302 valence electrons. The van der Waals surface area contributed by atoms with E-state index in [1.54, 1.807) is 0 Å². The summed E-state index contributed by atoms with van der Waals surface area (Å²) in [6.07, 6.45) is 14.0. The van der Waals surface area contributed by atoms with Gasteiger partial charge in [0.05, 0.1) is 0 Å². The van der Waals surface area contributed by atoms with Gasteiger partial charge in [0.25, 0.3) is 0 Å². The summed E-state index contributed by atoms with van der Waals surface area (Å²) >= 11 is 0. The van der Waals surface area contributed by atoms with Crippen molar-refractivity contribution in [1.82, 2.24) is 0 Å². The average Bonchev–Trinajstić information content (AvgIpc) is 3.25. The molecule has 0 aromatic heterocycles. The SMILES string of the molecule is C1=C\CC/C=C\CC/1.[O-][Cl+3]([O-])([O-])[O-].[Rh+].c1ccc(P(c2ccccc2)c2ccc3ccccc3c2-c2c(P(c3ccccc3)c3ccccc3)ccc3ccccc23)cc1. The number of benzene rings is 8. The van der Waals surface area contributed by atoms with Gasteiger partial charge in [-0.1, -0.05) is 218 Å². The summed E-state index contributed by atoms with van der Waals surface area (Å²) in [7, 11) is -6.65. The summed E-state index contributed by atoms with van der Waals surface area (Å²) in [5.41, 5.74) is 2.70. The van der Waals surface area contributed by atoms with Crippen LogP contribution in [0.4, 0.5) is 0 Å². The van der Waals surface area contributed by atoms with Crippen LogP contribution >= 0.6 is 15.8 Å². The summed E-state index contributed by atoms with van der Waals surface area (Å²) in [6, 6.07) is 71.8. The smallest absolute Gasteiger partial charge is 0.222 e. The molecule has 0 fully saturated rings. The van der Waals surface area contributed by atoms with Crippen molar-refractivity contribution in [1.29, 1.82) is 0 Å². The van der Waals surface area contributed by atoms with Crippen LogP contribution in [0.15, 0.2) is 218 Å². The molecule has 9 rings (SSSR count). The fourth-order valence-electron chi connectivity index (χ4n) is 7.44. The summed E-state index contributed by atoms with van der Waals surface area (Å²) in [6.45, 7) is 0. The Balaban J connectivity index is 0.000000373. The van der Waals surface area contributed by atoms with Crippen molar-refractivity contribution in [2.75, 3.05) is 0 Å². The zero-order valence-corrected chi connectivity index (χ0v) is 37.0. The van der Waals surface area contributed by atoms with Crippen LogP contribution in [0.1, 0.15) is 25.7 Å². The van der Waals surface area contributed by atoms with Crippen LogP contribution in [0.3, 0.4) is 0 Å². The van der Waals surface area contributed by atoms with Crippen LogP contribution in [0, 0.1) is 10.2 Å². The first-order valence-corrected chi connectivity index (χ1v) is 23.5. The van der Waals surface area contributed by atoms with Crippen molar-refractivity contribution in [3.63, 3.8) is 0 Å². The quantitative estimate of drug-likeness (QED) is 0.0971. The van der Waals surface area contributed by atoms with Crippen molar-refractivity contribution < 1.29 is 48.4 Å². The second-order valence-electron chi connectivity index (χ2n) is 13.9. The molecular weight excluding hydrogens is 889 g/mol. The van der Waals surface area contributed by atoms with Gasteiger partial charge >= 0.3 is 19.5 Å². The number of hydrogen-bond acceptors (Lipinski definition) is 4. The van der Waals surface area contributed by atoms with Gasteiger partial charge in [0.2, 0.25) is 0 Å². The van der Waals surface area contributed by atoms with Gasteiger partial charge in [-0.05, 0) is 106 Å². The molecular formula is C52H44ClO4P2Rh. The molecule has 0 radical (unpaired) electrons. The maximum atomic E-state index is 8.49. The van der Waals surface area contributed by atoms with Crippen LogP contribution in [0.25, 0.3) is 32.7 Å². The fourth-order valence-corrected chi connectivity index (χ4v) is 12.4. The standard InChI is InChI=1S/C44H32P2.C8H12.ClHO4.Rh/c1-5-19-35(20-6-1)45(36-21-7-2-8-22-36)41-31-29-33-17-13-15-27-39(33)43(41)44-40-28-16-14-18-34(40)30-32-42(44)46(37-23-9-3-10-24-37)38-25-11-4-12-26-38;1-2-4-6-8-7-5-3-1;2-1(3,4)5;/h1-32H;1-2,7-8H,3-6H2;(H,2,3,4,5);/q;;;+1/p-1/b;2-1-,8-7-;;. The Hall–Kier alpha value is -4.63. The van der Waals surface area contributed by atoms with E-state index in [1.165, 1.54) is 90.2 Å². The van der Waals surface area contributed by atoms with Crippen molar-refractivity contribution in [2.24, 2.45) is 0 Å². The van der Waals surface area contributed by atoms with Crippen molar-refractivity contribution in [3.05, 3.63) is 218 Å². The van der Waals surface area contributed by atoms with Crippen LogP contribution in [-0.4, -0.2) is 0 Å². The van der Waals surface area contributed by atoms with Gasteiger partial charge < -0.3 is 0 Å². The molecule has 1 aliphatic carbocycles. The molecule has 0 saturated heterocycles. The maximum Gasteiger partial charge on any atom is 1.00 e.